The highest BCUT2D eigenvalue weighted by molar-refractivity contribution is 6.13. The minimum atomic E-state index is -4.56. The van der Waals surface area contributed by atoms with Crippen molar-refractivity contribution in [1.29, 1.82) is 0 Å². The van der Waals surface area contributed by atoms with Gasteiger partial charge in [-0.3, -0.25) is 19.1 Å². The van der Waals surface area contributed by atoms with E-state index in [0.717, 1.165) is 36.1 Å². The maximum atomic E-state index is 13.8. The predicted molar refractivity (Wildman–Crippen MR) is 157 cm³/mol. The zero-order valence-electron chi connectivity index (χ0n) is 23.7. The highest BCUT2D eigenvalue weighted by Gasteiger charge is 2.31. The summed E-state index contributed by atoms with van der Waals surface area (Å²) in [6, 6.07) is 12.8. The fourth-order valence-electron chi connectivity index (χ4n) is 5.43. The van der Waals surface area contributed by atoms with E-state index < -0.39 is 42.7 Å². The zero-order valence-corrected chi connectivity index (χ0v) is 23.7. The van der Waals surface area contributed by atoms with Crippen molar-refractivity contribution in [3.05, 3.63) is 82.8 Å². The summed E-state index contributed by atoms with van der Waals surface area (Å²) in [6.07, 6.45) is -2.21. The van der Waals surface area contributed by atoms with Crippen LogP contribution in [0.25, 0.3) is 10.9 Å². The van der Waals surface area contributed by atoms with Crippen LogP contribution in [0.1, 0.15) is 51.2 Å². The third kappa shape index (κ3) is 6.82. The molecule has 44 heavy (non-hydrogen) atoms. The van der Waals surface area contributed by atoms with Gasteiger partial charge in [0.1, 0.15) is 12.4 Å². The van der Waals surface area contributed by atoms with Crippen LogP contribution >= 0.6 is 0 Å². The summed E-state index contributed by atoms with van der Waals surface area (Å²) in [4.78, 5) is 40.2. The number of alkyl halides is 3. The van der Waals surface area contributed by atoms with Crippen molar-refractivity contribution >= 4 is 45.7 Å². The van der Waals surface area contributed by atoms with Crippen molar-refractivity contribution in [2.75, 3.05) is 28.6 Å². The first-order valence-corrected chi connectivity index (χ1v) is 13.9. The molecule has 9 nitrogen and oxygen atoms in total. The first kappa shape index (κ1) is 30.5. The smallest absolute Gasteiger partial charge is 0.408 e. The summed E-state index contributed by atoms with van der Waals surface area (Å²) in [5.74, 6) is -3.25. The molecular formula is C31H29F4N5O4. The van der Waals surface area contributed by atoms with Gasteiger partial charge < -0.3 is 20.6 Å². The monoisotopic (exact) mass is 611 g/mol. The van der Waals surface area contributed by atoms with Crippen LogP contribution in [0.15, 0.2) is 54.6 Å². The summed E-state index contributed by atoms with van der Waals surface area (Å²) in [5.41, 5.74) is 1.68. The second kappa shape index (κ2) is 12.3. The van der Waals surface area contributed by atoms with Gasteiger partial charge in [0.2, 0.25) is 0 Å². The normalized spacial score (nSPS) is 13.6. The molecule has 0 unspecified atom stereocenters. The third-order valence-corrected chi connectivity index (χ3v) is 7.38. The molecule has 1 aliphatic rings. The third-order valence-electron chi connectivity index (χ3n) is 7.38. The molecule has 1 saturated heterocycles. The van der Waals surface area contributed by atoms with Crippen molar-refractivity contribution in [2.24, 2.45) is 0 Å². The van der Waals surface area contributed by atoms with E-state index in [-0.39, 0.29) is 39.1 Å². The topological polar surface area (TPSA) is 117 Å². The molecule has 1 fully saturated rings. The number of carboxylic acid groups (broad SMARTS) is 1. The number of carbonyl (C=O) groups is 3. The molecule has 5 rings (SSSR count). The quantitative estimate of drug-likeness (QED) is 0.205. The molecular weight excluding hydrogens is 582 g/mol. The van der Waals surface area contributed by atoms with Crippen LogP contribution < -0.4 is 15.5 Å². The number of aliphatic carboxylic acids is 1. The Bertz CT molecular complexity index is 1750. The Balaban J connectivity index is 1.50. The number of nitrogens with one attached hydrogen (secondary N) is 2. The van der Waals surface area contributed by atoms with E-state index in [9.17, 15) is 37.1 Å². The van der Waals surface area contributed by atoms with Crippen LogP contribution in [-0.4, -0.2) is 51.9 Å². The van der Waals surface area contributed by atoms with E-state index in [1.54, 1.807) is 31.2 Å². The fourth-order valence-corrected chi connectivity index (χ4v) is 5.43. The lowest BCUT2D eigenvalue weighted by molar-refractivity contribution is -0.142. The van der Waals surface area contributed by atoms with Gasteiger partial charge in [-0.1, -0.05) is 18.2 Å². The summed E-state index contributed by atoms with van der Waals surface area (Å²) in [6.45, 7) is 1.66. The average Bonchev–Trinajstić information content (AvgIpc) is 3.32. The maximum absolute atomic E-state index is 13.8. The Morgan fingerprint density at radius 1 is 0.932 bits per heavy atom. The second-order valence-electron chi connectivity index (χ2n) is 10.7. The van der Waals surface area contributed by atoms with Gasteiger partial charge in [-0.05, 0) is 73.7 Å². The number of carbonyl (C=O) groups excluding carboxylic acids is 2. The number of benzene rings is 3. The lowest BCUT2D eigenvalue weighted by Crippen LogP contribution is -2.30. The number of aryl methyl sites for hydroxylation is 1. The van der Waals surface area contributed by atoms with Gasteiger partial charge in [0.15, 0.2) is 5.69 Å². The molecule has 4 aromatic rings. The fraction of sp³-hybridized carbons (Fsp3) is 0.290. The molecule has 3 aromatic carbocycles. The Kier molecular flexibility index (Phi) is 8.56. The van der Waals surface area contributed by atoms with Crippen molar-refractivity contribution in [3.63, 3.8) is 0 Å². The van der Waals surface area contributed by atoms with Gasteiger partial charge >= 0.3 is 12.1 Å². The van der Waals surface area contributed by atoms with Gasteiger partial charge in [0.05, 0.1) is 23.3 Å². The Labute approximate surface area is 249 Å². The average molecular weight is 612 g/mol. The van der Waals surface area contributed by atoms with Gasteiger partial charge in [-0.15, -0.1) is 0 Å². The molecule has 0 radical (unpaired) electrons. The SMILES string of the molecule is Cc1cccc2c(C(=O)Nc3cc(C(=O)Nc4ccc(F)cc4CC(=O)O)ccc3N3CCCCC3)nn(CC(F)(F)F)c12. The van der Waals surface area contributed by atoms with E-state index in [1.807, 2.05) is 0 Å². The molecule has 3 N–H and O–H groups in total. The number of halogens is 4. The summed E-state index contributed by atoms with van der Waals surface area (Å²) in [7, 11) is 0. The Morgan fingerprint density at radius 3 is 2.36 bits per heavy atom. The van der Waals surface area contributed by atoms with Crippen LogP contribution in [0.3, 0.4) is 0 Å². The van der Waals surface area contributed by atoms with Gasteiger partial charge in [0.25, 0.3) is 11.8 Å². The first-order valence-electron chi connectivity index (χ1n) is 13.9. The van der Waals surface area contributed by atoms with Gasteiger partial charge in [-0.2, -0.15) is 18.3 Å². The highest BCUT2D eigenvalue weighted by atomic mass is 19.4. The molecule has 0 saturated carbocycles. The van der Waals surface area contributed by atoms with E-state index in [4.69, 9.17) is 0 Å². The van der Waals surface area contributed by atoms with E-state index in [1.165, 1.54) is 18.2 Å². The van der Waals surface area contributed by atoms with E-state index in [0.29, 0.717) is 24.3 Å². The highest BCUT2D eigenvalue weighted by Crippen LogP contribution is 2.32. The number of para-hydroxylation sites is 1. The van der Waals surface area contributed by atoms with Gasteiger partial charge in [-0.25, -0.2) is 4.39 Å². The molecule has 0 spiro atoms. The number of rotatable bonds is 8. The van der Waals surface area contributed by atoms with Crippen LogP contribution in [0.4, 0.5) is 34.6 Å². The molecule has 0 atom stereocenters. The van der Waals surface area contributed by atoms with Crippen molar-refractivity contribution < 1.29 is 37.1 Å². The van der Waals surface area contributed by atoms with Crippen molar-refractivity contribution in [2.45, 2.75) is 45.3 Å². The lowest BCUT2D eigenvalue weighted by atomic mass is 10.1. The molecule has 2 heterocycles. The number of hydrogen-bond acceptors (Lipinski definition) is 5. The van der Waals surface area contributed by atoms with Crippen LogP contribution in [-0.2, 0) is 17.8 Å². The second-order valence-corrected chi connectivity index (χ2v) is 10.7. The maximum Gasteiger partial charge on any atom is 0.408 e. The molecule has 2 amide bonds. The van der Waals surface area contributed by atoms with Crippen LogP contribution in [0.5, 0.6) is 0 Å². The standard InChI is InChI=1S/C31H29F4N5O4/c1-18-6-5-7-22-27(38-40(28(18)22)17-31(33,34)35)30(44)37-24-15-19(8-11-25(24)39-12-3-2-4-13-39)29(43)36-23-10-9-21(32)14-20(23)16-26(41)42/h5-11,14-15H,2-4,12-13,16-17H2,1H3,(H,36,43)(H,37,44)(H,41,42). The van der Waals surface area contributed by atoms with E-state index >= 15 is 0 Å². The number of anilines is 3. The van der Waals surface area contributed by atoms with Crippen LogP contribution in [0, 0.1) is 12.7 Å². The Hall–Kier alpha value is -4.94. The number of piperidine rings is 1. The molecule has 13 heteroatoms. The first-order chi connectivity index (χ1) is 20.9. The summed E-state index contributed by atoms with van der Waals surface area (Å²) >= 11 is 0. The van der Waals surface area contributed by atoms with Crippen LogP contribution in [0.2, 0.25) is 0 Å². The van der Waals surface area contributed by atoms with Crippen molar-refractivity contribution in [3.8, 4) is 0 Å². The van der Waals surface area contributed by atoms with Crippen molar-refractivity contribution in [1.82, 2.24) is 9.78 Å². The molecule has 1 aromatic heterocycles. The zero-order chi connectivity index (χ0) is 31.6. The summed E-state index contributed by atoms with van der Waals surface area (Å²) < 4.78 is 54.6. The Morgan fingerprint density at radius 2 is 1.66 bits per heavy atom. The number of aromatic nitrogens is 2. The molecule has 0 aliphatic carbocycles. The minimum absolute atomic E-state index is 0.0703. The largest absolute Gasteiger partial charge is 0.481 e. The number of carboxylic acids is 1. The van der Waals surface area contributed by atoms with Gasteiger partial charge in [0, 0.05) is 29.7 Å². The molecule has 0 bridgehead atoms. The molecule has 1 aliphatic heterocycles. The summed E-state index contributed by atoms with van der Waals surface area (Å²) in [5, 5.41) is 18.9. The number of amides is 2. The molecule has 230 valence electrons. The number of nitrogens with zero attached hydrogens (tertiary/aromatic N) is 3. The lowest BCUT2D eigenvalue weighted by Gasteiger charge is -2.30. The van der Waals surface area contributed by atoms with E-state index in [2.05, 4.69) is 20.6 Å². The number of hydrogen-bond donors (Lipinski definition) is 3. The minimum Gasteiger partial charge on any atom is -0.481 e. The number of fused-ring (bicyclic) bond motifs is 1. The predicted octanol–water partition coefficient (Wildman–Crippen LogP) is 6.17.